The van der Waals surface area contributed by atoms with Crippen LogP contribution in [0.3, 0.4) is 0 Å². The topological polar surface area (TPSA) is 110 Å². The number of hydrogen-bond donors (Lipinski definition) is 2. The van der Waals surface area contributed by atoms with Crippen LogP contribution in [0.4, 0.5) is 11.5 Å². The van der Waals surface area contributed by atoms with E-state index in [2.05, 4.69) is 17.1 Å². The van der Waals surface area contributed by atoms with E-state index >= 15 is 0 Å². The lowest BCUT2D eigenvalue weighted by Crippen LogP contribution is -2.43. The van der Waals surface area contributed by atoms with Gasteiger partial charge in [0.1, 0.15) is 5.82 Å². The quantitative estimate of drug-likeness (QED) is 0.648. The lowest BCUT2D eigenvalue weighted by molar-refractivity contribution is -0.118. The smallest absolute Gasteiger partial charge is 0.330 e. The standard InChI is InChI=1S/C22H30N4O4/c1-3-4-10-26-20(23)19(21(28)24-22(26)29)25(11-12-30-2)18(27)14-15-8-9-16-6-5-7-17(16)13-15/h8-9,13H,3-7,10-12,14,23H2,1-2H3,(H,24,28,29). The minimum Gasteiger partial charge on any atom is -0.383 e. The molecule has 8 nitrogen and oxygen atoms in total. The summed E-state index contributed by atoms with van der Waals surface area (Å²) in [4.78, 5) is 41.7. The SMILES string of the molecule is CCCCn1c(N)c(N(CCOC)C(=O)Cc2ccc3c(c2)CCC3)c(=O)[nH]c1=O. The number of nitrogens with zero attached hydrogens (tertiary/aromatic N) is 2. The number of H-pyrrole nitrogens is 1. The summed E-state index contributed by atoms with van der Waals surface area (Å²) in [5, 5.41) is 0. The van der Waals surface area contributed by atoms with Crippen LogP contribution in [0.2, 0.25) is 0 Å². The summed E-state index contributed by atoms with van der Waals surface area (Å²) in [6.45, 7) is 2.78. The third-order valence-electron chi connectivity index (χ3n) is 5.56. The van der Waals surface area contributed by atoms with Gasteiger partial charge in [-0.2, -0.15) is 0 Å². The number of fused-ring (bicyclic) bond motifs is 1. The molecule has 30 heavy (non-hydrogen) atoms. The number of unbranched alkanes of at least 4 members (excludes halogenated alkanes) is 1. The highest BCUT2D eigenvalue weighted by Gasteiger charge is 2.24. The molecule has 0 bridgehead atoms. The van der Waals surface area contributed by atoms with Crippen LogP contribution in [0.5, 0.6) is 0 Å². The lowest BCUT2D eigenvalue weighted by atomic mass is 10.0. The summed E-state index contributed by atoms with van der Waals surface area (Å²) < 4.78 is 6.46. The molecule has 0 saturated heterocycles. The second-order valence-electron chi connectivity index (χ2n) is 7.67. The van der Waals surface area contributed by atoms with Gasteiger partial charge < -0.3 is 15.4 Å². The molecular formula is C22H30N4O4. The number of hydrogen-bond acceptors (Lipinski definition) is 5. The van der Waals surface area contributed by atoms with Gasteiger partial charge >= 0.3 is 5.69 Å². The first-order chi connectivity index (χ1) is 14.5. The number of ether oxygens (including phenoxy) is 1. The molecule has 162 valence electrons. The number of nitrogen functional groups attached to an aromatic ring is 1. The molecule has 2 aromatic rings. The van der Waals surface area contributed by atoms with Crippen LogP contribution in [-0.2, 0) is 35.3 Å². The Kier molecular flexibility index (Phi) is 7.10. The van der Waals surface area contributed by atoms with Crippen molar-refractivity contribution in [3.8, 4) is 0 Å². The summed E-state index contributed by atoms with van der Waals surface area (Å²) in [6, 6.07) is 6.12. The number of benzene rings is 1. The van der Waals surface area contributed by atoms with Crippen LogP contribution in [0, 0.1) is 0 Å². The fourth-order valence-electron chi connectivity index (χ4n) is 3.93. The van der Waals surface area contributed by atoms with E-state index in [1.807, 2.05) is 13.0 Å². The lowest BCUT2D eigenvalue weighted by Gasteiger charge is -2.24. The van der Waals surface area contributed by atoms with Crippen molar-refractivity contribution in [2.24, 2.45) is 0 Å². The van der Waals surface area contributed by atoms with E-state index in [-0.39, 0.29) is 37.0 Å². The van der Waals surface area contributed by atoms with Gasteiger partial charge in [0.05, 0.1) is 13.0 Å². The molecule has 0 radical (unpaired) electrons. The van der Waals surface area contributed by atoms with Gasteiger partial charge in [0, 0.05) is 20.2 Å². The zero-order valence-electron chi connectivity index (χ0n) is 17.7. The van der Waals surface area contributed by atoms with Crippen molar-refractivity contribution in [2.75, 3.05) is 30.9 Å². The number of carbonyl (C=O) groups excluding carboxylic acids is 1. The highest BCUT2D eigenvalue weighted by molar-refractivity contribution is 5.96. The minimum atomic E-state index is -0.663. The first-order valence-corrected chi connectivity index (χ1v) is 10.5. The van der Waals surface area contributed by atoms with Gasteiger partial charge in [0.15, 0.2) is 5.69 Å². The second kappa shape index (κ2) is 9.75. The minimum absolute atomic E-state index is 0.00825. The first-order valence-electron chi connectivity index (χ1n) is 10.5. The molecule has 3 N–H and O–H groups in total. The second-order valence-corrected chi connectivity index (χ2v) is 7.67. The Balaban J connectivity index is 1.94. The molecule has 0 spiro atoms. The number of methoxy groups -OCH3 is 1. The Labute approximate surface area is 175 Å². The molecule has 8 heteroatoms. The maximum Gasteiger partial charge on any atom is 0.330 e. The number of aromatic amines is 1. The summed E-state index contributed by atoms with van der Waals surface area (Å²) in [5.41, 5.74) is 8.52. The Morgan fingerprint density at radius 2 is 2.03 bits per heavy atom. The van der Waals surface area contributed by atoms with Crippen LogP contribution in [0.15, 0.2) is 27.8 Å². The van der Waals surface area contributed by atoms with Gasteiger partial charge in [-0.25, -0.2) is 4.79 Å². The molecule has 3 rings (SSSR count). The van der Waals surface area contributed by atoms with Gasteiger partial charge in [0.25, 0.3) is 5.56 Å². The summed E-state index contributed by atoms with van der Waals surface area (Å²) in [7, 11) is 1.53. The van der Waals surface area contributed by atoms with Crippen molar-refractivity contribution in [2.45, 2.75) is 52.0 Å². The monoisotopic (exact) mass is 414 g/mol. The highest BCUT2D eigenvalue weighted by atomic mass is 16.5. The molecular weight excluding hydrogens is 384 g/mol. The molecule has 0 unspecified atom stereocenters. The third kappa shape index (κ3) is 4.64. The van der Waals surface area contributed by atoms with E-state index in [1.54, 1.807) is 0 Å². The van der Waals surface area contributed by atoms with Gasteiger partial charge in [-0.1, -0.05) is 31.5 Å². The molecule has 1 aromatic heterocycles. The molecule has 0 atom stereocenters. The Morgan fingerprint density at radius 3 is 2.77 bits per heavy atom. The fraction of sp³-hybridized carbons (Fsp3) is 0.500. The maximum atomic E-state index is 13.2. The van der Waals surface area contributed by atoms with Crippen LogP contribution in [0.25, 0.3) is 0 Å². The van der Waals surface area contributed by atoms with Crippen molar-refractivity contribution in [3.05, 3.63) is 55.7 Å². The molecule has 1 heterocycles. The zero-order chi connectivity index (χ0) is 21.7. The average Bonchev–Trinajstić information content (AvgIpc) is 3.18. The van der Waals surface area contributed by atoms with Crippen molar-refractivity contribution >= 4 is 17.4 Å². The number of aromatic nitrogens is 2. The molecule has 0 aliphatic heterocycles. The van der Waals surface area contributed by atoms with Gasteiger partial charge in [-0.05, 0) is 42.4 Å². The molecule has 0 fully saturated rings. The van der Waals surface area contributed by atoms with E-state index in [9.17, 15) is 14.4 Å². The number of amides is 1. The highest BCUT2D eigenvalue weighted by Crippen LogP contribution is 2.24. The molecule has 1 aliphatic carbocycles. The van der Waals surface area contributed by atoms with E-state index in [0.717, 1.165) is 37.7 Å². The number of nitrogens with one attached hydrogen (secondary N) is 1. The van der Waals surface area contributed by atoms with Crippen molar-refractivity contribution in [3.63, 3.8) is 0 Å². The third-order valence-corrected chi connectivity index (χ3v) is 5.56. The van der Waals surface area contributed by atoms with Crippen LogP contribution >= 0.6 is 0 Å². The first kappa shape index (κ1) is 21.8. The van der Waals surface area contributed by atoms with E-state index < -0.39 is 11.2 Å². The van der Waals surface area contributed by atoms with Crippen LogP contribution in [0.1, 0.15) is 42.9 Å². The fourth-order valence-corrected chi connectivity index (χ4v) is 3.93. The predicted molar refractivity (Wildman–Crippen MR) is 117 cm³/mol. The van der Waals surface area contributed by atoms with E-state index in [1.165, 1.54) is 27.7 Å². The summed E-state index contributed by atoms with van der Waals surface area (Å²) >= 11 is 0. The van der Waals surface area contributed by atoms with Gasteiger partial charge in [0.2, 0.25) is 5.91 Å². The Morgan fingerprint density at radius 1 is 1.27 bits per heavy atom. The largest absolute Gasteiger partial charge is 0.383 e. The molecule has 1 aliphatic rings. The van der Waals surface area contributed by atoms with Crippen molar-refractivity contribution in [1.82, 2.24) is 9.55 Å². The zero-order valence-corrected chi connectivity index (χ0v) is 17.7. The maximum absolute atomic E-state index is 13.2. The molecule has 1 amide bonds. The van der Waals surface area contributed by atoms with Gasteiger partial charge in [-0.3, -0.25) is 19.1 Å². The Bertz CT molecular complexity index is 1020. The molecule has 1 aromatic carbocycles. The number of aryl methyl sites for hydroxylation is 2. The van der Waals surface area contributed by atoms with Crippen molar-refractivity contribution < 1.29 is 9.53 Å². The molecule has 0 saturated carbocycles. The van der Waals surface area contributed by atoms with Crippen LogP contribution in [-0.4, -0.2) is 35.7 Å². The normalized spacial score (nSPS) is 12.7. The average molecular weight is 415 g/mol. The van der Waals surface area contributed by atoms with E-state index in [4.69, 9.17) is 10.5 Å². The number of anilines is 2. The van der Waals surface area contributed by atoms with Crippen molar-refractivity contribution in [1.29, 1.82) is 0 Å². The summed E-state index contributed by atoms with van der Waals surface area (Å²) in [5.74, 6) is -0.251. The van der Waals surface area contributed by atoms with Crippen LogP contribution < -0.4 is 21.9 Å². The predicted octanol–water partition coefficient (Wildman–Crippen LogP) is 1.63. The van der Waals surface area contributed by atoms with E-state index in [0.29, 0.717) is 6.54 Å². The summed E-state index contributed by atoms with van der Waals surface area (Å²) in [6.07, 6.45) is 4.98. The number of nitrogens with two attached hydrogens (primary N) is 1. The number of rotatable bonds is 9. The number of carbonyl (C=O) groups is 1. The Hall–Kier alpha value is -2.87. The van der Waals surface area contributed by atoms with Gasteiger partial charge in [-0.15, -0.1) is 0 Å².